The van der Waals surface area contributed by atoms with Crippen molar-refractivity contribution in [3.8, 4) is 11.5 Å². The van der Waals surface area contributed by atoms with Crippen LogP contribution in [-0.4, -0.2) is 13.4 Å². The summed E-state index contributed by atoms with van der Waals surface area (Å²) < 4.78 is 12.4. The van der Waals surface area contributed by atoms with Gasteiger partial charge in [0.25, 0.3) is 13.4 Å². The number of para-hydroxylation sites is 7. The number of benzene rings is 14. The van der Waals surface area contributed by atoms with Gasteiger partial charge in [-0.1, -0.05) is 182 Å². The summed E-state index contributed by atoms with van der Waals surface area (Å²) >= 11 is 3.70. The van der Waals surface area contributed by atoms with E-state index in [1.54, 1.807) is 0 Å². The van der Waals surface area contributed by atoms with Crippen LogP contribution >= 0.6 is 22.7 Å². The van der Waals surface area contributed by atoms with E-state index < -0.39 is 0 Å². The van der Waals surface area contributed by atoms with Crippen LogP contribution in [-0.2, 0) is 0 Å². The monoisotopic (exact) mass is 1230 g/mol. The Labute approximate surface area is 553 Å². The van der Waals surface area contributed by atoms with Crippen LogP contribution in [0.15, 0.2) is 322 Å². The van der Waals surface area contributed by atoms with Crippen LogP contribution in [0.25, 0.3) is 40.3 Å². The molecule has 0 saturated heterocycles. The maximum absolute atomic E-state index is 7.40. The second kappa shape index (κ2) is 21.0. The first kappa shape index (κ1) is 53.1. The molecule has 6 nitrogen and oxygen atoms in total. The molecule has 438 valence electrons. The lowest BCUT2D eigenvalue weighted by atomic mass is 9.30. The molecule has 10 heteroatoms. The first-order valence-electron chi connectivity index (χ1n) is 32.1. The predicted octanol–water partition coefficient (Wildman–Crippen LogP) is 19.8. The van der Waals surface area contributed by atoms with Crippen LogP contribution in [0, 0.1) is 0 Å². The van der Waals surface area contributed by atoms with Crippen LogP contribution in [0.4, 0.5) is 85.3 Å². The summed E-state index contributed by atoms with van der Waals surface area (Å²) in [5.41, 5.74) is 23.6. The third kappa shape index (κ3) is 7.97. The van der Waals surface area contributed by atoms with Crippen LogP contribution in [0.3, 0.4) is 0 Å². The van der Waals surface area contributed by atoms with Crippen molar-refractivity contribution in [2.75, 3.05) is 24.5 Å². The zero-order valence-corrected chi connectivity index (χ0v) is 52.3. The summed E-state index contributed by atoms with van der Waals surface area (Å²) in [6, 6.07) is 119. The van der Waals surface area contributed by atoms with Gasteiger partial charge in [-0.3, -0.25) is 0 Å². The molecule has 4 aliphatic rings. The molecule has 4 aliphatic heterocycles. The van der Waals surface area contributed by atoms with Gasteiger partial charge in [0.1, 0.15) is 11.5 Å². The lowest BCUT2D eigenvalue weighted by molar-refractivity contribution is 0.487. The van der Waals surface area contributed by atoms with Gasteiger partial charge in [-0.05, 0) is 166 Å². The van der Waals surface area contributed by atoms with Gasteiger partial charge in [0.2, 0.25) is 0 Å². The molecule has 0 atom stereocenters. The fraction of sp³-hybridized carbons (Fsp3) is 0. The molecule has 94 heavy (non-hydrogen) atoms. The van der Waals surface area contributed by atoms with Crippen LogP contribution in [0.5, 0.6) is 11.5 Å². The first-order valence-corrected chi connectivity index (χ1v) is 33.8. The number of nitrogens with zero attached hydrogens (tertiary/aromatic N) is 5. The molecule has 16 aromatic rings. The summed E-state index contributed by atoms with van der Waals surface area (Å²) in [5, 5.41) is 4.96. The number of thiophene rings is 2. The smallest absolute Gasteiger partial charge is 0.256 e. The van der Waals surface area contributed by atoms with Gasteiger partial charge < -0.3 is 29.2 Å². The van der Waals surface area contributed by atoms with Crippen molar-refractivity contribution in [1.82, 2.24) is 0 Å². The highest BCUT2D eigenvalue weighted by Gasteiger charge is 2.48. The van der Waals surface area contributed by atoms with E-state index in [1.165, 1.54) is 62.2 Å². The second-order valence-corrected chi connectivity index (χ2v) is 26.8. The lowest BCUT2D eigenvalue weighted by Crippen LogP contribution is -2.64. The number of fused-ring (bicyclic) bond motifs is 14. The van der Waals surface area contributed by atoms with Gasteiger partial charge in [-0.25, -0.2) is 0 Å². The van der Waals surface area contributed by atoms with Crippen molar-refractivity contribution in [2.24, 2.45) is 0 Å². The topological polar surface area (TPSA) is 25.4 Å². The second-order valence-electron chi connectivity index (χ2n) is 24.7. The number of ether oxygens (including phenoxy) is 1. The van der Waals surface area contributed by atoms with Crippen LogP contribution in [0.1, 0.15) is 0 Å². The van der Waals surface area contributed by atoms with Gasteiger partial charge in [0, 0.05) is 109 Å². The fourth-order valence-electron chi connectivity index (χ4n) is 15.8. The molecule has 0 unspecified atom stereocenters. The number of hydrogen-bond donors (Lipinski definition) is 0. The third-order valence-electron chi connectivity index (χ3n) is 19.6. The Morgan fingerprint density at radius 3 is 1.20 bits per heavy atom. The minimum absolute atomic E-state index is 0.177. The van der Waals surface area contributed by atoms with Gasteiger partial charge >= 0.3 is 0 Å². The van der Waals surface area contributed by atoms with Crippen molar-refractivity contribution in [1.29, 1.82) is 0 Å². The molecule has 0 bridgehead atoms. The maximum Gasteiger partial charge on any atom is 0.256 e. The first-order chi connectivity index (χ1) is 46.7. The average molecular weight is 1230 g/mol. The number of rotatable bonds is 9. The summed E-state index contributed by atoms with van der Waals surface area (Å²) in [6.07, 6.45) is 0. The SMILES string of the molecule is c1ccc(N2c3cc4c(cc3B3c5ccccc5Oc5cc(N(c6ccccc6)c6cccc7sc8ccccc8c67)cc2c53)B2c3ccccc3N(c3ccccc3)c3cc(N(c5ccccc5)c5cccc6sc7ccccc7c56)cc(c32)N4c2ccccc2)cc1. The van der Waals surface area contributed by atoms with E-state index in [0.29, 0.717) is 0 Å². The van der Waals surface area contributed by atoms with Gasteiger partial charge in [0.15, 0.2) is 0 Å². The highest BCUT2D eigenvalue weighted by molar-refractivity contribution is 7.26. The average Bonchev–Trinajstić information content (AvgIpc) is 0.866. The normalized spacial score (nSPS) is 13.1. The number of anilines is 15. The van der Waals surface area contributed by atoms with Crippen molar-refractivity contribution in [2.45, 2.75) is 0 Å². The molecule has 0 aliphatic carbocycles. The van der Waals surface area contributed by atoms with E-state index in [-0.39, 0.29) is 13.4 Å². The number of hydrogen-bond acceptors (Lipinski definition) is 8. The van der Waals surface area contributed by atoms with E-state index in [9.17, 15) is 0 Å². The molecule has 2 aromatic heterocycles. The summed E-state index contributed by atoms with van der Waals surface area (Å²) in [5.74, 6) is 1.70. The Bertz CT molecular complexity index is 5730. The van der Waals surface area contributed by atoms with E-state index in [2.05, 4.69) is 346 Å². The molecule has 0 N–H and O–H groups in total. The molecule has 14 aromatic carbocycles. The predicted molar refractivity (Wildman–Crippen MR) is 401 cm³/mol. The zero-order chi connectivity index (χ0) is 61.5. The minimum atomic E-state index is -0.193. The summed E-state index contributed by atoms with van der Waals surface area (Å²) in [6.45, 7) is -0.370. The summed E-state index contributed by atoms with van der Waals surface area (Å²) in [7, 11) is 0. The standard InChI is InChI=1S/C84H53B2N5OS2/c1-6-26-54(27-7-1)87(68-41-24-46-79-81(68)61-36-16-22-44-77(61)93-79)59-48-72-83-73(49-59)90(57-32-12-4-13-33-57)70-53-71-66(52-65(70)85(83)63-38-18-20-40-67(63)89(72)56-30-10-3-11-31-56)86-64-39-19-21-43-75(64)92-76-51-60(50-74(84(76)86)91(71)58-34-14-5-15-35-58)88(55-28-8-2-9-29-55)69-42-25-47-80-82(69)62-37-17-23-45-78(62)94-80/h1-53H. The van der Waals surface area contributed by atoms with Crippen LogP contribution < -0.4 is 62.0 Å². The van der Waals surface area contributed by atoms with E-state index in [1.807, 2.05) is 22.7 Å². The van der Waals surface area contributed by atoms with Gasteiger partial charge in [-0.15, -0.1) is 22.7 Å². The zero-order valence-electron chi connectivity index (χ0n) is 50.7. The maximum atomic E-state index is 7.40. The highest BCUT2D eigenvalue weighted by Crippen LogP contribution is 2.54. The molecule has 0 fully saturated rings. The molecular formula is C84H53B2N5OS2. The minimum Gasteiger partial charge on any atom is -0.458 e. The molecule has 0 spiro atoms. The van der Waals surface area contributed by atoms with Gasteiger partial charge in [-0.2, -0.15) is 0 Å². The highest BCUT2D eigenvalue weighted by atomic mass is 32.1. The molecule has 6 heterocycles. The lowest BCUT2D eigenvalue weighted by Gasteiger charge is -2.46. The fourth-order valence-corrected chi connectivity index (χ4v) is 18.1. The van der Waals surface area contributed by atoms with Crippen molar-refractivity contribution < 1.29 is 4.74 Å². The Balaban J connectivity index is 0.885. The molecular weight excluding hydrogens is 1180 g/mol. The van der Waals surface area contributed by atoms with E-state index in [0.717, 1.165) is 108 Å². The van der Waals surface area contributed by atoms with Gasteiger partial charge in [0.05, 0.1) is 22.7 Å². The van der Waals surface area contributed by atoms with Crippen LogP contribution in [0.2, 0.25) is 0 Å². The molecule has 20 rings (SSSR count). The van der Waals surface area contributed by atoms with E-state index >= 15 is 0 Å². The molecule has 0 radical (unpaired) electrons. The quantitative estimate of drug-likeness (QED) is 0.134. The molecule has 0 amide bonds. The largest absolute Gasteiger partial charge is 0.458 e. The Morgan fingerprint density at radius 1 is 0.266 bits per heavy atom. The van der Waals surface area contributed by atoms with E-state index in [4.69, 9.17) is 4.74 Å². The Kier molecular flexibility index (Phi) is 11.9. The van der Waals surface area contributed by atoms with Crippen molar-refractivity contribution in [3.63, 3.8) is 0 Å². The molecule has 0 saturated carbocycles. The van der Waals surface area contributed by atoms with Crippen molar-refractivity contribution in [3.05, 3.63) is 322 Å². The van der Waals surface area contributed by atoms with Crippen molar-refractivity contribution >= 4 is 195 Å². The Hall–Kier alpha value is -11.6. The third-order valence-corrected chi connectivity index (χ3v) is 21.8. The summed E-state index contributed by atoms with van der Waals surface area (Å²) in [4.78, 5) is 12.6. The Morgan fingerprint density at radius 2 is 0.670 bits per heavy atom.